The average molecular weight is 611 g/mol. The molecule has 8 nitrogen and oxygen atoms in total. The number of carbonyl (C=O) groups is 3. The quantitative estimate of drug-likeness (QED) is 0.277. The van der Waals surface area contributed by atoms with Crippen molar-refractivity contribution in [3.8, 4) is 0 Å². The van der Waals surface area contributed by atoms with Crippen molar-refractivity contribution in [1.29, 1.82) is 0 Å². The smallest absolute Gasteiger partial charge is 0.315 e. The number of nitrogens with zero attached hydrogens (tertiary/aromatic N) is 1. The maximum Gasteiger partial charge on any atom is 0.315 e. The second-order valence-electron chi connectivity index (χ2n) is 11.0. The van der Waals surface area contributed by atoms with Gasteiger partial charge in [-0.15, -0.1) is 11.8 Å². The van der Waals surface area contributed by atoms with Crippen LogP contribution in [0.4, 0.5) is 13.6 Å². The first-order valence-electron chi connectivity index (χ1n) is 13.9. The fourth-order valence-corrected chi connectivity index (χ4v) is 6.15. The number of carbonyl (C=O) groups excluding carboxylic acids is 3. The summed E-state index contributed by atoms with van der Waals surface area (Å²) >= 11 is 1.42. The molecule has 43 heavy (non-hydrogen) atoms. The van der Waals surface area contributed by atoms with Gasteiger partial charge in [0.2, 0.25) is 5.91 Å². The van der Waals surface area contributed by atoms with Gasteiger partial charge in [0.15, 0.2) is 6.10 Å². The number of halogens is 2. The van der Waals surface area contributed by atoms with Crippen LogP contribution in [0.3, 0.4) is 0 Å². The van der Waals surface area contributed by atoms with Gasteiger partial charge in [-0.2, -0.15) is 0 Å². The Kier molecular flexibility index (Phi) is 10.4. The Morgan fingerprint density at radius 3 is 2.35 bits per heavy atom. The Hall–Kier alpha value is -3.96. The fourth-order valence-electron chi connectivity index (χ4n) is 5.01. The number of hydrogen-bond acceptors (Lipinski definition) is 5. The Bertz CT molecular complexity index is 1460. The highest BCUT2D eigenvalue weighted by atomic mass is 32.2. The second-order valence-corrected chi connectivity index (χ2v) is 12.6. The van der Waals surface area contributed by atoms with E-state index in [1.54, 1.807) is 24.3 Å². The van der Waals surface area contributed by atoms with Crippen LogP contribution in [0, 0.1) is 18.6 Å². The van der Waals surface area contributed by atoms with Crippen molar-refractivity contribution in [2.24, 2.45) is 0 Å². The molecule has 0 spiro atoms. The lowest BCUT2D eigenvalue weighted by molar-refractivity contribution is -0.147. The van der Waals surface area contributed by atoms with E-state index in [-0.39, 0.29) is 30.3 Å². The number of aliphatic hydroxyl groups excluding tert-OH is 1. The third-order valence-electron chi connectivity index (χ3n) is 7.50. The third kappa shape index (κ3) is 8.11. The number of amides is 4. The van der Waals surface area contributed by atoms with Gasteiger partial charge in [-0.25, -0.2) is 13.6 Å². The van der Waals surface area contributed by atoms with Crippen molar-refractivity contribution in [1.82, 2.24) is 20.9 Å². The molecule has 0 aromatic heterocycles. The minimum Gasteiger partial charge on any atom is -0.381 e. The number of urea groups is 1. The highest BCUT2D eigenvalue weighted by Crippen LogP contribution is 2.40. The normalized spacial score (nSPS) is 17.2. The Morgan fingerprint density at radius 1 is 0.977 bits per heavy atom. The zero-order valence-corrected chi connectivity index (χ0v) is 25.1. The van der Waals surface area contributed by atoms with Crippen LogP contribution in [0.2, 0.25) is 0 Å². The summed E-state index contributed by atoms with van der Waals surface area (Å²) in [4.78, 5) is 41.4. The summed E-state index contributed by atoms with van der Waals surface area (Å²) in [5.41, 5.74) is 2.81. The first kappa shape index (κ1) is 32.0. The van der Waals surface area contributed by atoms with Crippen LogP contribution in [0.15, 0.2) is 72.8 Å². The predicted octanol–water partition coefficient (Wildman–Crippen LogP) is 4.04. The van der Waals surface area contributed by atoms with Gasteiger partial charge in [0.05, 0.1) is 11.9 Å². The number of benzene rings is 3. The number of aryl methyl sites for hydroxylation is 1. The molecule has 1 fully saturated rings. The zero-order chi connectivity index (χ0) is 31.1. The van der Waals surface area contributed by atoms with Gasteiger partial charge < -0.3 is 26.0 Å². The van der Waals surface area contributed by atoms with Crippen LogP contribution in [0.25, 0.3) is 0 Å². The standard InChI is InChI=1S/C32H36F2N4O4S/c1-20-9-7-8-12-22(20)17-35-29(40)28-32(2,3)43-19-38(28)30(41)27(39)26(15-21-10-5-4-6-11-21)37-31(42)36-18-23-13-14-24(33)16-25(23)34/h4-14,16,26-28,39H,15,17-19H2,1-3H3,(H,35,40)(H2,36,37,42)/t26?,27?,28-/m1/s1. The summed E-state index contributed by atoms with van der Waals surface area (Å²) in [5, 5.41) is 19.4. The number of thioether (sulfide) groups is 1. The lowest BCUT2D eigenvalue weighted by Crippen LogP contribution is -2.59. The van der Waals surface area contributed by atoms with E-state index in [1.165, 1.54) is 22.7 Å². The van der Waals surface area contributed by atoms with Gasteiger partial charge in [0.1, 0.15) is 17.7 Å². The maximum absolute atomic E-state index is 14.1. The summed E-state index contributed by atoms with van der Waals surface area (Å²) in [5.74, 6) is -2.40. The van der Waals surface area contributed by atoms with E-state index in [2.05, 4.69) is 16.0 Å². The monoisotopic (exact) mass is 610 g/mol. The lowest BCUT2D eigenvalue weighted by atomic mass is 9.97. The predicted molar refractivity (Wildman–Crippen MR) is 162 cm³/mol. The largest absolute Gasteiger partial charge is 0.381 e. The molecular weight excluding hydrogens is 574 g/mol. The molecular formula is C32H36F2N4O4S. The molecule has 4 amide bonds. The first-order chi connectivity index (χ1) is 20.5. The summed E-state index contributed by atoms with van der Waals surface area (Å²) in [6, 6.07) is 17.0. The Labute approximate surface area is 254 Å². The van der Waals surface area contributed by atoms with Gasteiger partial charge in [-0.1, -0.05) is 60.7 Å². The fraction of sp³-hybridized carbons (Fsp3) is 0.344. The van der Waals surface area contributed by atoms with Crippen molar-refractivity contribution in [3.05, 3.63) is 107 Å². The van der Waals surface area contributed by atoms with E-state index >= 15 is 0 Å². The van der Waals surface area contributed by atoms with Gasteiger partial charge in [-0.05, 0) is 49.9 Å². The molecule has 1 aliphatic heterocycles. The number of hydrogen-bond donors (Lipinski definition) is 4. The number of nitrogens with one attached hydrogen (secondary N) is 3. The molecule has 3 aromatic rings. The molecule has 0 saturated carbocycles. The molecule has 228 valence electrons. The van der Waals surface area contributed by atoms with Crippen LogP contribution in [0.1, 0.15) is 36.1 Å². The van der Waals surface area contributed by atoms with Crippen LogP contribution in [-0.4, -0.2) is 56.7 Å². The summed E-state index contributed by atoms with van der Waals surface area (Å²) in [7, 11) is 0. The van der Waals surface area contributed by atoms with Gasteiger partial charge >= 0.3 is 6.03 Å². The van der Waals surface area contributed by atoms with E-state index < -0.39 is 46.5 Å². The van der Waals surface area contributed by atoms with E-state index in [9.17, 15) is 28.3 Å². The topological polar surface area (TPSA) is 111 Å². The van der Waals surface area contributed by atoms with Crippen molar-refractivity contribution in [3.63, 3.8) is 0 Å². The van der Waals surface area contributed by atoms with Crippen molar-refractivity contribution < 1.29 is 28.3 Å². The van der Waals surface area contributed by atoms with Crippen molar-refractivity contribution in [2.75, 3.05) is 5.88 Å². The Balaban J connectivity index is 1.48. The van der Waals surface area contributed by atoms with E-state index in [1.807, 2.05) is 51.1 Å². The van der Waals surface area contributed by atoms with Gasteiger partial charge in [0, 0.05) is 29.5 Å². The highest BCUT2D eigenvalue weighted by Gasteiger charge is 2.49. The number of aliphatic hydroxyl groups is 1. The minimum atomic E-state index is -1.69. The molecule has 1 aliphatic rings. The van der Waals surface area contributed by atoms with E-state index in [0.717, 1.165) is 28.8 Å². The molecule has 11 heteroatoms. The molecule has 1 heterocycles. The molecule has 2 unspecified atom stereocenters. The Morgan fingerprint density at radius 2 is 1.65 bits per heavy atom. The SMILES string of the molecule is Cc1ccccc1CNC(=O)[C@H]1N(C(=O)C(O)C(Cc2ccccc2)NC(=O)NCc2ccc(F)cc2F)CSC1(C)C. The number of rotatable bonds is 10. The molecule has 3 aromatic carbocycles. The van der Waals surface area contributed by atoms with Crippen LogP contribution in [-0.2, 0) is 29.1 Å². The molecule has 4 N–H and O–H groups in total. The van der Waals surface area contributed by atoms with Gasteiger partial charge in [0.25, 0.3) is 5.91 Å². The second kappa shape index (κ2) is 14.0. The lowest BCUT2D eigenvalue weighted by Gasteiger charge is -2.33. The van der Waals surface area contributed by atoms with Crippen molar-refractivity contribution >= 4 is 29.6 Å². The average Bonchev–Trinajstić information content (AvgIpc) is 3.30. The van der Waals surface area contributed by atoms with Crippen LogP contribution >= 0.6 is 11.8 Å². The molecule has 4 rings (SSSR count). The first-order valence-corrected chi connectivity index (χ1v) is 14.9. The van der Waals surface area contributed by atoms with E-state index in [0.29, 0.717) is 6.54 Å². The maximum atomic E-state index is 14.1. The summed E-state index contributed by atoms with van der Waals surface area (Å²) < 4.78 is 26.7. The molecule has 3 atom stereocenters. The third-order valence-corrected chi connectivity index (χ3v) is 8.87. The van der Waals surface area contributed by atoms with E-state index in [4.69, 9.17) is 0 Å². The summed E-state index contributed by atoms with van der Waals surface area (Å²) in [6.45, 7) is 5.75. The van der Waals surface area contributed by atoms with Crippen molar-refractivity contribution in [2.45, 2.75) is 63.2 Å². The summed E-state index contributed by atoms with van der Waals surface area (Å²) in [6.07, 6.45) is -1.57. The minimum absolute atomic E-state index is 0.0728. The highest BCUT2D eigenvalue weighted by molar-refractivity contribution is 8.00. The molecule has 1 saturated heterocycles. The molecule has 0 aliphatic carbocycles. The molecule has 0 radical (unpaired) electrons. The zero-order valence-electron chi connectivity index (χ0n) is 24.3. The molecule has 0 bridgehead atoms. The van der Waals surface area contributed by atoms with Crippen LogP contribution in [0.5, 0.6) is 0 Å². The van der Waals surface area contributed by atoms with Crippen LogP contribution < -0.4 is 16.0 Å². The van der Waals surface area contributed by atoms with Gasteiger partial charge in [-0.3, -0.25) is 9.59 Å².